The number of halogens is 1. The van der Waals surface area contributed by atoms with E-state index in [4.69, 9.17) is 16.0 Å². The van der Waals surface area contributed by atoms with Gasteiger partial charge in [-0.3, -0.25) is 4.79 Å². The Bertz CT molecular complexity index is 1000. The van der Waals surface area contributed by atoms with Gasteiger partial charge in [0.25, 0.3) is 5.56 Å². The van der Waals surface area contributed by atoms with Crippen molar-refractivity contribution < 1.29 is 4.42 Å². The number of benzene rings is 2. The minimum absolute atomic E-state index is 0.238. The lowest BCUT2D eigenvalue weighted by molar-refractivity contribution is 0.625. The van der Waals surface area contributed by atoms with Gasteiger partial charge in [0.1, 0.15) is 5.58 Å². The number of hydrogen-bond acceptors (Lipinski definition) is 3. The molecule has 0 fully saturated rings. The quantitative estimate of drug-likeness (QED) is 0.578. The summed E-state index contributed by atoms with van der Waals surface area (Å²) in [6.07, 6.45) is 0. The molecule has 0 saturated carbocycles. The molecule has 0 radical (unpaired) electrons. The smallest absolute Gasteiger partial charge is 0.259 e. The molecule has 0 spiro atoms. The van der Waals surface area contributed by atoms with Crippen LogP contribution in [0.15, 0.2) is 57.7 Å². The fraction of sp³-hybridized carbons (Fsp3) is 0. The van der Waals surface area contributed by atoms with Crippen molar-refractivity contribution in [3.05, 3.63) is 63.9 Å². The van der Waals surface area contributed by atoms with Gasteiger partial charge >= 0.3 is 0 Å². The Morgan fingerprint density at radius 1 is 1.10 bits per heavy atom. The summed E-state index contributed by atoms with van der Waals surface area (Å²) in [5, 5.41) is 1.93. The first-order valence-corrected chi connectivity index (χ1v) is 6.77. The van der Waals surface area contributed by atoms with Gasteiger partial charge in [-0.25, -0.2) is 4.98 Å². The van der Waals surface area contributed by atoms with Crippen LogP contribution in [0.4, 0.5) is 0 Å². The first-order chi connectivity index (χ1) is 10.2. The molecule has 1 N–H and O–H groups in total. The van der Waals surface area contributed by atoms with Gasteiger partial charge in [-0.15, -0.1) is 0 Å². The normalized spacial score (nSPS) is 11.3. The summed E-state index contributed by atoms with van der Waals surface area (Å²) in [5.74, 6) is 0.941. The van der Waals surface area contributed by atoms with Crippen molar-refractivity contribution in [1.29, 1.82) is 0 Å². The molecule has 0 unspecified atom stereocenters. The van der Waals surface area contributed by atoms with E-state index in [1.165, 1.54) is 0 Å². The van der Waals surface area contributed by atoms with Crippen molar-refractivity contribution in [2.75, 3.05) is 0 Å². The highest BCUT2D eigenvalue weighted by molar-refractivity contribution is 6.31. The molecule has 0 atom stereocenters. The maximum Gasteiger partial charge on any atom is 0.259 e. The van der Waals surface area contributed by atoms with Crippen LogP contribution >= 0.6 is 11.6 Å². The van der Waals surface area contributed by atoms with Crippen molar-refractivity contribution in [3.8, 4) is 11.6 Å². The van der Waals surface area contributed by atoms with Crippen molar-refractivity contribution in [2.24, 2.45) is 0 Å². The zero-order valence-electron chi connectivity index (χ0n) is 10.8. The average molecular weight is 297 g/mol. The number of rotatable bonds is 1. The molecule has 0 amide bonds. The van der Waals surface area contributed by atoms with Gasteiger partial charge < -0.3 is 9.40 Å². The van der Waals surface area contributed by atoms with E-state index >= 15 is 0 Å². The molecule has 2 heterocycles. The van der Waals surface area contributed by atoms with E-state index in [1.54, 1.807) is 18.2 Å². The van der Waals surface area contributed by atoms with E-state index in [1.807, 2.05) is 30.3 Å². The number of para-hydroxylation sites is 1. The Balaban J connectivity index is 1.98. The van der Waals surface area contributed by atoms with Crippen molar-refractivity contribution in [1.82, 2.24) is 9.97 Å². The van der Waals surface area contributed by atoms with Crippen molar-refractivity contribution >= 4 is 33.5 Å². The minimum Gasteiger partial charge on any atom is -0.453 e. The molecular weight excluding hydrogens is 288 g/mol. The first-order valence-electron chi connectivity index (χ1n) is 6.39. The summed E-state index contributed by atoms with van der Waals surface area (Å²) < 4.78 is 5.72. The summed E-state index contributed by atoms with van der Waals surface area (Å²) in [7, 11) is 0. The fourth-order valence-electron chi connectivity index (χ4n) is 2.33. The van der Waals surface area contributed by atoms with E-state index in [9.17, 15) is 4.79 Å². The van der Waals surface area contributed by atoms with Gasteiger partial charge in [0.15, 0.2) is 11.6 Å². The molecule has 0 saturated heterocycles. The molecule has 21 heavy (non-hydrogen) atoms. The highest BCUT2D eigenvalue weighted by Crippen LogP contribution is 2.25. The molecule has 2 aromatic carbocycles. The molecule has 0 aliphatic carbocycles. The largest absolute Gasteiger partial charge is 0.453 e. The van der Waals surface area contributed by atoms with Crippen LogP contribution in [-0.4, -0.2) is 9.97 Å². The molecule has 5 heteroatoms. The average Bonchev–Trinajstić information content (AvgIpc) is 2.92. The second-order valence-electron chi connectivity index (χ2n) is 4.72. The summed E-state index contributed by atoms with van der Waals surface area (Å²) in [4.78, 5) is 19.3. The number of nitrogens with one attached hydrogen (secondary N) is 1. The Kier molecular flexibility index (Phi) is 2.59. The number of nitrogens with zero attached hydrogens (tertiary/aromatic N) is 1. The molecule has 0 aliphatic rings. The van der Waals surface area contributed by atoms with E-state index in [0.717, 1.165) is 11.0 Å². The SMILES string of the molecule is O=c1[nH]c(-c2cc3ccccc3o2)nc2ccc(Cl)cc12. The predicted octanol–water partition coefficient (Wildman–Crippen LogP) is 3.99. The standard InChI is InChI=1S/C16H9ClN2O2/c17-10-5-6-12-11(8-10)16(20)19-15(18-12)14-7-9-3-1-2-4-13(9)21-14/h1-8H,(H,18,19,20). The molecule has 0 aliphatic heterocycles. The lowest BCUT2D eigenvalue weighted by Gasteiger charge is -2.00. The monoisotopic (exact) mass is 296 g/mol. The number of furan rings is 1. The fourth-order valence-corrected chi connectivity index (χ4v) is 2.50. The van der Waals surface area contributed by atoms with Gasteiger partial charge in [-0.05, 0) is 30.3 Å². The first kappa shape index (κ1) is 12.2. The molecular formula is C16H9ClN2O2. The molecule has 4 aromatic rings. The topological polar surface area (TPSA) is 58.9 Å². The summed E-state index contributed by atoms with van der Waals surface area (Å²) in [6, 6.07) is 14.5. The van der Waals surface area contributed by atoms with Crippen molar-refractivity contribution in [2.45, 2.75) is 0 Å². The second kappa shape index (κ2) is 4.46. The van der Waals surface area contributed by atoms with Crippen LogP contribution in [0.25, 0.3) is 33.5 Å². The zero-order chi connectivity index (χ0) is 14.4. The van der Waals surface area contributed by atoms with Crippen LogP contribution in [0, 0.1) is 0 Å². The van der Waals surface area contributed by atoms with E-state index in [-0.39, 0.29) is 5.56 Å². The third kappa shape index (κ3) is 2.00. The lowest BCUT2D eigenvalue weighted by atomic mass is 10.2. The van der Waals surface area contributed by atoms with Gasteiger partial charge in [0, 0.05) is 10.4 Å². The third-order valence-corrected chi connectivity index (χ3v) is 3.56. The molecule has 0 bridgehead atoms. The molecule has 4 nitrogen and oxygen atoms in total. The molecule has 2 aromatic heterocycles. The summed E-state index contributed by atoms with van der Waals surface area (Å²) >= 11 is 5.90. The highest BCUT2D eigenvalue weighted by Gasteiger charge is 2.10. The van der Waals surface area contributed by atoms with Crippen LogP contribution < -0.4 is 5.56 Å². The Hall–Kier alpha value is -2.59. The maximum absolute atomic E-state index is 12.1. The Morgan fingerprint density at radius 3 is 2.81 bits per heavy atom. The van der Waals surface area contributed by atoms with Gasteiger partial charge in [-0.1, -0.05) is 29.8 Å². The van der Waals surface area contributed by atoms with Crippen LogP contribution in [0.1, 0.15) is 0 Å². The maximum atomic E-state index is 12.1. The summed E-state index contributed by atoms with van der Waals surface area (Å²) in [6.45, 7) is 0. The van der Waals surface area contributed by atoms with Crippen molar-refractivity contribution in [3.63, 3.8) is 0 Å². The van der Waals surface area contributed by atoms with E-state index in [0.29, 0.717) is 27.5 Å². The van der Waals surface area contributed by atoms with E-state index in [2.05, 4.69) is 9.97 Å². The Labute approximate surface area is 124 Å². The molecule has 4 rings (SSSR count). The number of aromatic amines is 1. The predicted molar refractivity (Wildman–Crippen MR) is 82.6 cm³/mol. The minimum atomic E-state index is -0.238. The number of aromatic nitrogens is 2. The van der Waals surface area contributed by atoms with Crippen LogP contribution in [0.2, 0.25) is 5.02 Å². The van der Waals surface area contributed by atoms with Crippen LogP contribution in [0.3, 0.4) is 0 Å². The number of H-pyrrole nitrogens is 1. The number of fused-ring (bicyclic) bond motifs is 2. The molecule has 102 valence electrons. The van der Waals surface area contributed by atoms with Crippen LogP contribution in [0.5, 0.6) is 0 Å². The van der Waals surface area contributed by atoms with Gasteiger partial charge in [0.2, 0.25) is 0 Å². The lowest BCUT2D eigenvalue weighted by Crippen LogP contribution is -2.09. The highest BCUT2D eigenvalue weighted by atomic mass is 35.5. The second-order valence-corrected chi connectivity index (χ2v) is 5.16. The number of hydrogen-bond donors (Lipinski definition) is 1. The zero-order valence-corrected chi connectivity index (χ0v) is 11.5. The Morgan fingerprint density at radius 2 is 1.95 bits per heavy atom. The van der Waals surface area contributed by atoms with Gasteiger partial charge in [-0.2, -0.15) is 0 Å². The van der Waals surface area contributed by atoms with E-state index < -0.39 is 0 Å². The van der Waals surface area contributed by atoms with Gasteiger partial charge in [0.05, 0.1) is 10.9 Å². The van der Waals surface area contributed by atoms with Crippen LogP contribution in [-0.2, 0) is 0 Å². The third-order valence-electron chi connectivity index (χ3n) is 3.33. The summed E-state index contributed by atoms with van der Waals surface area (Å²) in [5.41, 5.74) is 1.10.